The second-order valence-corrected chi connectivity index (χ2v) is 4.71. The van der Waals surface area contributed by atoms with Gasteiger partial charge in [-0.2, -0.15) is 53.6 Å². The number of halogens is 11. The summed E-state index contributed by atoms with van der Waals surface area (Å²) >= 11 is 0. The van der Waals surface area contributed by atoms with E-state index in [-0.39, 0.29) is 6.07 Å². The van der Waals surface area contributed by atoms with Crippen molar-refractivity contribution >= 4 is 5.69 Å². The minimum absolute atomic E-state index is 0.103. The molecule has 13 heteroatoms. The Bertz CT molecular complexity index is 700. The van der Waals surface area contributed by atoms with Gasteiger partial charge in [0.1, 0.15) is 0 Å². The van der Waals surface area contributed by atoms with E-state index in [1.54, 1.807) is 0 Å². The highest BCUT2D eigenvalue weighted by molar-refractivity contribution is 5.51. The van der Waals surface area contributed by atoms with Crippen LogP contribution in [0.25, 0.3) is 0 Å². The van der Waals surface area contributed by atoms with E-state index in [1.165, 1.54) is 0 Å². The molecule has 2 N–H and O–H groups in total. The van der Waals surface area contributed by atoms with Gasteiger partial charge in [-0.3, -0.25) is 0 Å². The summed E-state index contributed by atoms with van der Waals surface area (Å²) in [5.74, 6) is -28.5. The molecule has 0 aliphatic heterocycles. The zero-order valence-electron chi connectivity index (χ0n) is 11.4. The van der Waals surface area contributed by atoms with Gasteiger partial charge in [0.05, 0.1) is 11.6 Å². The third-order valence-electron chi connectivity index (χ3n) is 3.04. The zero-order valence-corrected chi connectivity index (χ0v) is 11.4. The van der Waals surface area contributed by atoms with Crippen molar-refractivity contribution in [2.45, 2.75) is 29.9 Å². The maximum Gasteiger partial charge on any atom is 0.460 e. The van der Waals surface area contributed by atoms with Crippen molar-refractivity contribution in [2.24, 2.45) is 0 Å². The lowest BCUT2D eigenvalue weighted by molar-refractivity contribution is -0.424. The second-order valence-electron chi connectivity index (χ2n) is 4.71. The lowest BCUT2D eigenvalue weighted by atomic mass is 9.90. The van der Waals surface area contributed by atoms with E-state index >= 15 is 0 Å². The number of anilines is 1. The number of alkyl halides is 11. The Morgan fingerprint density at radius 3 is 1.64 bits per heavy atom. The lowest BCUT2D eigenvalue weighted by Gasteiger charge is -2.37. The molecule has 0 saturated carbocycles. The third kappa shape index (κ3) is 2.83. The van der Waals surface area contributed by atoms with Gasteiger partial charge in [0.25, 0.3) is 0 Å². The van der Waals surface area contributed by atoms with Crippen LogP contribution >= 0.6 is 0 Å². The standard InChI is InChI=1S/C12H5F11N2/c13-8(14,7-3-6(25)2-1-5(7)4-24)9(15,16)10(17,18)11(19,20)12(21,22)23/h1-3H,25H2. The molecule has 1 rings (SSSR count). The first-order valence-corrected chi connectivity index (χ1v) is 5.83. The van der Waals surface area contributed by atoms with Crippen LogP contribution in [0.5, 0.6) is 0 Å². The smallest absolute Gasteiger partial charge is 0.399 e. The molecule has 0 aliphatic rings. The Morgan fingerprint density at radius 1 is 0.760 bits per heavy atom. The van der Waals surface area contributed by atoms with Gasteiger partial charge in [0.15, 0.2) is 0 Å². The van der Waals surface area contributed by atoms with Crippen LogP contribution in [-0.4, -0.2) is 23.9 Å². The maximum absolute atomic E-state index is 13.8. The van der Waals surface area contributed by atoms with Gasteiger partial charge in [0.2, 0.25) is 0 Å². The fourth-order valence-electron chi connectivity index (χ4n) is 1.66. The molecule has 0 aromatic heterocycles. The number of benzene rings is 1. The molecular formula is C12H5F11N2. The van der Waals surface area contributed by atoms with Crippen molar-refractivity contribution in [1.29, 1.82) is 5.26 Å². The normalized spacial score (nSPS) is 14.3. The minimum atomic E-state index is -7.54. The van der Waals surface area contributed by atoms with Crippen LogP contribution in [0, 0.1) is 11.3 Å². The fourth-order valence-corrected chi connectivity index (χ4v) is 1.66. The van der Waals surface area contributed by atoms with Crippen LogP contribution in [-0.2, 0) is 5.92 Å². The first kappa shape index (κ1) is 20.8. The summed E-state index contributed by atoms with van der Waals surface area (Å²) < 4.78 is 142. The molecule has 0 unspecified atom stereocenters. The summed E-state index contributed by atoms with van der Waals surface area (Å²) in [5, 5.41) is 8.55. The van der Waals surface area contributed by atoms with Crippen LogP contribution in [0.2, 0.25) is 0 Å². The topological polar surface area (TPSA) is 49.8 Å². The Hall–Kier alpha value is -2.26. The molecule has 2 nitrogen and oxygen atoms in total. The predicted molar refractivity (Wildman–Crippen MR) is 60.4 cm³/mol. The quantitative estimate of drug-likeness (QED) is 0.603. The van der Waals surface area contributed by atoms with E-state index in [1.807, 2.05) is 0 Å². The minimum Gasteiger partial charge on any atom is -0.399 e. The van der Waals surface area contributed by atoms with Gasteiger partial charge in [-0.25, -0.2) is 0 Å². The number of nitrogen functional groups attached to an aromatic ring is 1. The number of nitrogens with two attached hydrogens (primary N) is 1. The molecule has 0 spiro atoms. The van der Waals surface area contributed by atoms with Gasteiger partial charge < -0.3 is 5.73 Å². The molecule has 0 bridgehead atoms. The van der Waals surface area contributed by atoms with Gasteiger partial charge in [-0.1, -0.05) is 0 Å². The van der Waals surface area contributed by atoms with E-state index in [2.05, 4.69) is 0 Å². The number of rotatable bonds is 4. The number of hydrogen-bond donors (Lipinski definition) is 1. The maximum atomic E-state index is 13.8. The van der Waals surface area contributed by atoms with Crippen LogP contribution in [0.15, 0.2) is 18.2 Å². The summed E-state index contributed by atoms with van der Waals surface area (Å²) in [4.78, 5) is 0. The second kappa shape index (κ2) is 5.63. The Balaban J connectivity index is 3.66. The predicted octanol–water partition coefficient (Wildman–Crippen LogP) is 4.70. The molecule has 0 atom stereocenters. The van der Waals surface area contributed by atoms with Gasteiger partial charge in [-0.15, -0.1) is 0 Å². The lowest BCUT2D eigenvalue weighted by Crippen LogP contribution is -2.65. The molecule has 25 heavy (non-hydrogen) atoms. The van der Waals surface area contributed by atoms with Gasteiger partial charge in [0, 0.05) is 11.3 Å². The third-order valence-corrected chi connectivity index (χ3v) is 3.04. The molecular weight excluding hydrogens is 381 g/mol. The molecule has 0 saturated heterocycles. The molecule has 1 aromatic rings. The van der Waals surface area contributed by atoms with Crippen LogP contribution < -0.4 is 5.73 Å². The molecule has 0 amide bonds. The summed E-state index contributed by atoms with van der Waals surface area (Å²) in [5.41, 5.74) is 0.634. The molecule has 0 aliphatic carbocycles. The van der Waals surface area contributed by atoms with Crippen LogP contribution in [0.1, 0.15) is 11.1 Å². The van der Waals surface area contributed by atoms with Gasteiger partial charge >= 0.3 is 29.9 Å². The summed E-state index contributed by atoms with van der Waals surface area (Å²) in [6.07, 6.45) is -7.25. The zero-order chi connectivity index (χ0) is 20.1. The van der Waals surface area contributed by atoms with Gasteiger partial charge in [-0.05, 0) is 18.2 Å². The monoisotopic (exact) mass is 386 g/mol. The molecule has 0 radical (unpaired) electrons. The van der Waals surface area contributed by atoms with E-state index < -0.39 is 46.7 Å². The largest absolute Gasteiger partial charge is 0.460 e. The highest BCUT2D eigenvalue weighted by atomic mass is 19.4. The molecule has 140 valence electrons. The first-order chi connectivity index (χ1) is 10.9. The first-order valence-electron chi connectivity index (χ1n) is 5.83. The van der Waals surface area contributed by atoms with Crippen molar-refractivity contribution in [1.82, 2.24) is 0 Å². The Kier molecular flexibility index (Phi) is 4.68. The van der Waals surface area contributed by atoms with Crippen LogP contribution in [0.4, 0.5) is 54.0 Å². The average Bonchev–Trinajstić information content (AvgIpc) is 2.45. The van der Waals surface area contributed by atoms with E-state index in [9.17, 15) is 48.3 Å². The van der Waals surface area contributed by atoms with Crippen molar-refractivity contribution < 1.29 is 48.3 Å². The highest BCUT2D eigenvalue weighted by Crippen LogP contribution is 2.60. The van der Waals surface area contributed by atoms with Crippen molar-refractivity contribution in [3.8, 4) is 6.07 Å². The SMILES string of the molecule is N#Cc1ccc(N)cc1C(F)(F)C(F)(F)C(F)(F)C(F)(F)C(F)(F)F. The number of nitrogens with zero attached hydrogens (tertiary/aromatic N) is 1. The van der Waals surface area contributed by atoms with Crippen molar-refractivity contribution in [3.63, 3.8) is 0 Å². The Labute approximate surface area is 131 Å². The average molecular weight is 386 g/mol. The number of hydrogen-bond acceptors (Lipinski definition) is 2. The summed E-state index contributed by atoms with van der Waals surface area (Å²) in [7, 11) is 0. The Morgan fingerprint density at radius 2 is 1.24 bits per heavy atom. The summed E-state index contributed by atoms with van der Waals surface area (Å²) in [6, 6.07) is 1.90. The fraction of sp³-hybridized carbons (Fsp3) is 0.417. The highest BCUT2D eigenvalue weighted by Gasteiger charge is 2.87. The number of nitriles is 1. The van der Waals surface area contributed by atoms with Crippen molar-refractivity contribution in [3.05, 3.63) is 29.3 Å². The van der Waals surface area contributed by atoms with E-state index in [0.717, 1.165) is 12.1 Å². The van der Waals surface area contributed by atoms with E-state index in [0.29, 0.717) is 6.07 Å². The summed E-state index contributed by atoms with van der Waals surface area (Å²) in [6.45, 7) is 0. The van der Waals surface area contributed by atoms with Crippen LogP contribution in [0.3, 0.4) is 0 Å². The molecule has 0 heterocycles. The molecule has 1 aromatic carbocycles. The van der Waals surface area contributed by atoms with E-state index in [4.69, 9.17) is 11.0 Å². The van der Waals surface area contributed by atoms with Crippen molar-refractivity contribution in [2.75, 3.05) is 5.73 Å². The molecule has 0 fully saturated rings.